The third kappa shape index (κ3) is 5.33. The average molecular weight is 239 g/mol. The summed E-state index contributed by atoms with van der Waals surface area (Å²) in [6.07, 6.45) is 4.95. The van der Waals surface area contributed by atoms with Gasteiger partial charge in [0.15, 0.2) is 0 Å². The lowest BCUT2D eigenvalue weighted by Gasteiger charge is -2.27. The molecule has 0 amide bonds. The fraction of sp³-hybridized carbons (Fsp3) is 0.769. The molecule has 1 aromatic rings. The number of ether oxygens (including phenoxy) is 1. The van der Waals surface area contributed by atoms with Crippen LogP contribution in [0.15, 0.2) is 12.4 Å². The van der Waals surface area contributed by atoms with E-state index < -0.39 is 0 Å². The van der Waals surface area contributed by atoms with Gasteiger partial charge in [0.05, 0.1) is 18.3 Å². The summed E-state index contributed by atoms with van der Waals surface area (Å²) in [5.74, 6) is 0. The van der Waals surface area contributed by atoms with E-state index in [0.29, 0.717) is 6.04 Å². The van der Waals surface area contributed by atoms with Gasteiger partial charge < -0.3 is 10.1 Å². The van der Waals surface area contributed by atoms with Gasteiger partial charge in [-0.3, -0.25) is 4.68 Å². The van der Waals surface area contributed by atoms with Crippen molar-refractivity contribution in [1.29, 1.82) is 0 Å². The normalized spacial score (nSPS) is 13.9. The third-order valence-corrected chi connectivity index (χ3v) is 2.95. The highest BCUT2D eigenvalue weighted by Crippen LogP contribution is 2.15. The molecule has 0 fully saturated rings. The molecule has 0 aliphatic carbocycles. The minimum Gasteiger partial charge on any atom is -0.379 e. The van der Waals surface area contributed by atoms with Gasteiger partial charge >= 0.3 is 0 Å². The van der Waals surface area contributed by atoms with Crippen molar-refractivity contribution in [3.63, 3.8) is 0 Å². The number of nitrogens with zero attached hydrogens (tertiary/aromatic N) is 2. The molecule has 4 nitrogen and oxygen atoms in total. The molecule has 0 spiro atoms. The fourth-order valence-corrected chi connectivity index (χ4v) is 1.91. The van der Waals surface area contributed by atoms with Crippen molar-refractivity contribution < 1.29 is 4.74 Å². The molecular weight excluding hydrogens is 214 g/mol. The van der Waals surface area contributed by atoms with Crippen LogP contribution in [0.5, 0.6) is 0 Å². The summed E-state index contributed by atoms with van der Waals surface area (Å²) in [4.78, 5) is 0. The molecular formula is C13H25N3O. The Kier molecular flexibility index (Phi) is 5.15. The Bertz CT molecular complexity index is 333. The van der Waals surface area contributed by atoms with Gasteiger partial charge in [-0.2, -0.15) is 5.10 Å². The van der Waals surface area contributed by atoms with E-state index in [1.807, 2.05) is 10.9 Å². The minimum atomic E-state index is -0.0608. The van der Waals surface area contributed by atoms with Crippen LogP contribution in [0.4, 0.5) is 0 Å². The molecule has 0 saturated heterocycles. The quantitative estimate of drug-likeness (QED) is 0.791. The van der Waals surface area contributed by atoms with E-state index in [9.17, 15) is 0 Å². The highest BCUT2D eigenvalue weighted by Gasteiger charge is 2.19. The maximum absolute atomic E-state index is 5.42. The van der Waals surface area contributed by atoms with Crippen molar-refractivity contribution in [2.75, 3.05) is 13.7 Å². The molecule has 0 aromatic carbocycles. The molecule has 0 bridgehead atoms. The van der Waals surface area contributed by atoms with Crippen LogP contribution in [-0.4, -0.2) is 35.1 Å². The molecule has 0 aliphatic heterocycles. The Hall–Kier alpha value is -0.870. The zero-order valence-electron chi connectivity index (χ0n) is 11.7. The number of hydrogen-bond acceptors (Lipinski definition) is 3. The fourth-order valence-electron chi connectivity index (χ4n) is 1.91. The van der Waals surface area contributed by atoms with Crippen LogP contribution in [0.1, 0.15) is 32.8 Å². The lowest BCUT2D eigenvalue weighted by molar-refractivity contribution is 0.00855. The maximum atomic E-state index is 5.42. The zero-order valence-corrected chi connectivity index (χ0v) is 11.7. The SMILES string of the molecule is COC(C)(C)CC(C)NCCn1cc(C)cn1. The predicted molar refractivity (Wildman–Crippen MR) is 70.1 cm³/mol. The van der Waals surface area contributed by atoms with Gasteiger partial charge in [-0.25, -0.2) is 0 Å². The Labute approximate surface area is 104 Å². The van der Waals surface area contributed by atoms with E-state index in [2.05, 4.69) is 44.3 Å². The highest BCUT2D eigenvalue weighted by molar-refractivity contribution is 4.99. The first-order valence-electron chi connectivity index (χ1n) is 6.20. The smallest absolute Gasteiger partial charge is 0.0637 e. The number of aromatic nitrogens is 2. The van der Waals surface area contributed by atoms with Crippen molar-refractivity contribution in [2.45, 2.75) is 52.3 Å². The monoisotopic (exact) mass is 239 g/mol. The summed E-state index contributed by atoms with van der Waals surface area (Å²) in [7, 11) is 1.76. The van der Waals surface area contributed by atoms with Crippen LogP contribution < -0.4 is 5.32 Å². The summed E-state index contributed by atoms with van der Waals surface area (Å²) in [6, 6.07) is 0.446. The number of aryl methyl sites for hydroxylation is 1. The van der Waals surface area contributed by atoms with E-state index in [1.165, 1.54) is 5.56 Å². The summed E-state index contributed by atoms with van der Waals surface area (Å²) in [5.41, 5.74) is 1.15. The molecule has 1 atom stereocenters. The van der Waals surface area contributed by atoms with Crippen molar-refractivity contribution >= 4 is 0 Å². The largest absolute Gasteiger partial charge is 0.379 e. The van der Waals surface area contributed by atoms with E-state index in [-0.39, 0.29) is 5.60 Å². The van der Waals surface area contributed by atoms with E-state index >= 15 is 0 Å². The summed E-state index contributed by atoms with van der Waals surface area (Å²) >= 11 is 0. The van der Waals surface area contributed by atoms with Crippen molar-refractivity contribution in [3.05, 3.63) is 18.0 Å². The van der Waals surface area contributed by atoms with Gasteiger partial charge in [0.25, 0.3) is 0 Å². The minimum absolute atomic E-state index is 0.0608. The number of hydrogen-bond donors (Lipinski definition) is 1. The Morgan fingerprint density at radius 1 is 1.53 bits per heavy atom. The van der Waals surface area contributed by atoms with E-state index in [4.69, 9.17) is 4.74 Å². The van der Waals surface area contributed by atoms with Gasteiger partial charge in [-0.15, -0.1) is 0 Å². The third-order valence-electron chi connectivity index (χ3n) is 2.95. The molecule has 4 heteroatoms. The molecule has 17 heavy (non-hydrogen) atoms. The number of rotatable bonds is 7. The van der Waals surface area contributed by atoms with Gasteiger partial charge in [0, 0.05) is 25.9 Å². The Balaban J connectivity index is 2.22. The summed E-state index contributed by atoms with van der Waals surface area (Å²) in [6.45, 7) is 10.3. The van der Waals surface area contributed by atoms with Gasteiger partial charge in [0.2, 0.25) is 0 Å². The first-order chi connectivity index (χ1) is 7.93. The van der Waals surface area contributed by atoms with Crippen LogP contribution in [0.25, 0.3) is 0 Å². The molecule has 1 N–H and O–H groups in total. The standard InChI is InChI=1S/C13H25N3O/c1-11-9-15-16(10-11)7-6-14-12(2)8-13(3,4)17-5/h9-10,12,14H,6-8H2,1-5H3. The maximum Gasteiger partial charge on any atom is 0.0637 e. The zero-order chi connectivity index (χ0) is 12.9. The number of methoxy groups -OCH3 is 1. The van der Waals surface area contributed by atoms with Gasteiger partial charge in [0.1, 0.15) is 0 Å². The van der Waals surface area contributed by atoms with E-state index in [1.54, 1.807) is 7.11 Å². The molecule has 1 rings (SSSR count). The Morgan fingerprint density at radius 2 is 2.24 bits per heavy atom. The molecule has 1 unspecified atom stereocenters. The van der Waals surface area contributed by atoms with Crippen molar-refractivity contribution in [3.8, 4) is 0 Å². The van der Waals surface area contributed by atoms with Crippen LogP contribution >= 0.6 is 0 Å². The van der Waals surface area contributed by atoms with Crippen molar-refractivity contribution in [1.82, 2.24) is 15.1 Å². The van der Waals surface area contributed by atoms with E-state index in [0.717, 1.165) is 19.5 Å². The first-order valence-corrected chi connectivity index (χ1v) is 6.20. The van der Waals surface area contributed by atoms with Crippen molar-refractivity contribution in [2.24, 2.45) is 0 Å². The average Bonchev–Trinajstić information content (AvgIpc) is 2.63. The number of nitrogens with one attached hydrogen (secondary N) is 1. The molecule has 0 saturated carbocycles. The second kappa shape index (κ2) is 6.17. The second-order valence-corrected chi connectivity index (χ2v) is 5.30. The molecule has 0 radical (unpaired) electrons. The highest BCUT2D eigenvalue weighted by atomic mass is 16.5. The predicted octanol–water partition coefficient (Wildman–Crippen LogP) is 1.98. The molecule has 1 heterocycles. The van der Waals surface area contributed by atoms with Crippen LogP contribution in [-0.2, 0) is 11.3 Å². The summed E-state index contributed by atoms with van der Waals surface area (Å²) < 4.78 is 7.39. The molecule has 1 aromatic heterocycles. The molecule has 98 valence electrons. The second-order valence-electron chi connectivity index (χ2n) is 5.30. The molecule has 0 aliphatic rings. The lowest BCUT2D eigenvalue weighted by atomic mass is 10.00. The summed E-state index contributed by atoms with van der Waals surface area (Å²) in [5, 5.41) is 7.75. The van der Waals surface area contributed by atoms with Gasteiger partial charge in [-0.1, -0.05) is 0 Å². The lowest BCUT2D eigenvalue weighted by Crippen LogP contribution is -2.37. The van der Waals surface area contributed by atoms with Crippen LogP contribution in [0.2, 0.25) is 0 Å². The Morgan fingerprint density at radius 3 is 2.76 bits per heavy atom. The van der Waals surface area contributed by atoms with Crippen LogP contribution in [0.3, 0.4) is 0 Å². The first kappa shape index (κ1) is 14.2. The van der Waals surface area contributed by atoms with Gasteiger partial charge in [-0.05, 0) is 39.7 Å². The topological polar surface area (TPSA) is 39.1 Å². The van der Waals surface area contributed by atoms with Crippen LogP contribution in [0, 0.1) is 6.92 Å².